The van der Waals surface area contributed by atoms with Gasteiger partial charge in [-0.3, -0.25) is 9.48 Å². The summed E-state index contributed by atoms with van der Waals surface area (Å²) in [6.07, 6.45) is -7.84. The number of piperidine rings is 1. The van der Waals surface area contributed by atoms with Crippen molar-refractivity contribution in [3.05, 3.63) is 68.9 Å². The van der Waals surface area contributed by atoms with Gasteiger partial charge in [0, 0.05) is 41.9 Å². The summed E-state index contributed by atoms with van der Waals surface area (Å²) < 4.78 is 79.7. The number of halogens is 6. The quantitative estimate of drug-likeness (QED) is 0.293. The van der Waals surface area contributed by atoms with Gasteiger partial charge in [0.05, 0.1) is 10.7 Å². The van der Waals surface area contributed by atoms with Crippen molar-refractivity contribution >= 4 is 23.0 Å². The number of aromatic nitrogens is 3. The molecule has 1 aromatic carbocycles. The summed E-state index contributed by atoms with van der Waals surface area (Å²) in [5, 5.41) is 10.2. The molecule has 39 heavy (non-hydrogen) atoms. The van der Waals surface area contributed by atoms with E-state index in [1.807, 2.05) is 5.38 Å². The second-order valence-electron chi connectivity index (χ2n) is 9.24. The van der Waals surface area contributed by atoms with Crippen molar-refractivity contribution in [1.82, 2.24) is 19.7 Å². The van der Waals surface area contributed by atoms with E-state index < -0.39 is 49.2 Å². The van der Waals surface area contributed by atoms with E-state index in [0.717, 1.165) is 5.01 Å². The third kappa shape index (κ3) is 5.80. The van der Waals surface area contributed by atoms with Crippen LogP contribution in [0.1, 0.15) is 83.8 Å². The zero-order chi connectivity index (χ0) is 27.7. The van der Waals surface area contributed by atoms with Crippen LogP contribution in [-0.2, 0) is 16.2 Å². The van der Waals surface area contributed by atoms with Gasteiger partial charge in [0.15, 0.2) is 6.10 Å². The Bertz CT molecular complexity index is 1350. The van der Waals surface area contributed by atoms with Crippen LogP contribution >= 0.6 is 11.3 Å². The van der Waals surface area contributed by atoms with Crippen LogP contribution in [0.4, 0.5) is 26.3 Å². The molecular weight excluding hydrogens is 548 g/mol. The Morgan fingerprint density at radius 1 is 1.05 bits per heavy atom. The highest BCUT2D eigenvalue weighted by Gasteiger charge is 2.31. The standard InChI is InChI=1S/C25H23F6N5O2S/c26-22(27)15-4-2-1-3-14(15)20-10-16(34-38-20)18-12-39-25(32-18)13-5-7-35(8-6-13)21(37)11-36-19(24(30)31)9-17(33-36)23(28)29/h1-4,9,12-13,20,22-24H,5-8,10-11H2. The van der Waals surface area contributed by atoms with Gasteiger partial charge in [0.2, 0.25) is 5.91 Å². The van der Waals surface area contributed by atoms with E-state index >= 15 is 0 Å². The van der Waals surface area contributed by atoms with E-state index in [9.17, 15) is 31.1 Å². The van der Waals surface area contributed by atoms with Gasteiger partial charge in [0.25, 0.3) is 19.3 Å². The number of oxime groups is 1. The summed E-state index contributed by atoms with van der Waals surface area (Å²) in [5.41, 5.74) is -0.0394. The normalized spacial score (nSPS) is 18.3. The monoisotopic (exact) mass is 571 g/mol. The molecule has 3 aromatic rings. The van der Waals surface area contributed by atoms with Crippen molar-refractivity contribution in [3.8, 4) is 0 Å². The number of thiazole rings is 1. The molecule has 0 N–H and O–H groups in total. The fourth-order valence-corrected chi connectivity index (χ4v) is 5.77. The maximum atomic E-state index is 13.4. The van der Waals surface area contributed by atoms with Crippen LogP contribution < -0.4 is 0 Å². The first-order valence-electron chi connectivity index (χ1n) is 12.2. The van der Waals surface area contributed by atoms with Crippen molar-refractivity contribution in [2.75, 3.05) is 13.1 Å². The maximum absolute atomic E-state index is 13.4. The number of likely N-dealkylation sites (tertiary alicyclic amines) is 1. The summed E-state index contributed by atoms with van der Waals surface area (Å²) in [6, 6.07) is 6.81. The van der Waals surface area contributed by atoms with E-state index in [-0.39, 0.29) is 11.5 Å². The molecule has 2 aliphatic rings. The van der Waals surface area contributed by atoms with E-state index in [1.165, 1.54) is 22.3 Å². The summed E-state index contributed by atoms with van der Waals surface area (Å²) in [6.45, 7) is 0.151. The van der Waals surface area contributed by atoms with Crippen molar-refractivity contribution in [2.45, 2.75) is 57.1 Å². The Labute approximate surface area is 223 Å². The SMILES string of the molecule is O=C(Cn1nc(C(F)F)cc1C(F)F)N1CCC(c2nc(C3=NOC(c4ccccc4C(F)F)C3)cs2)CC1. The van der Waals surface area contributed by atoms with Crippen molar-refractivity contribution in [2.24, 2.45) is 5.16 Å². The molecule has 208 valence electrons. The molecule has 7 nitrogen and oxygen atoms in total. The molecule has 1 saturated heterocycles. The van der Waals surface area contributed by atoms with E-state index in [2.05, 4.69) is 15.2 Å². The molecule has 2 aromatic heterocycles. The first-order valence-corrected chi connectivity index (χ1v) is 13.1. The van der Waals surface area contributed by atoms with Crippen molar-refractivity contribution in [3.63, 3.8) is 0 Å². The number of carbonyl (C=O) groups excluding carboxylic acids is 1. The minimum Gasteiger partial charge on any atom is -0.387 e. The third-order valence-corrected chi connectivity index (χ3v) is 7.83. The molecule has 4 heterocycles. The molecule has 1 amide bonds. The van der Waals surface area contributed by atoms with Gasteiger partial charge in [-0.15, -0.1) is 11.3 Å². The largest absolute Gasteiger partial charge is 0.387 e. The Hall–Kier alpha value is -3.42. The molecule has 0 spiro atoms. The Morgan fingerprint density at radius 3 is 2.49 bits per heavy atom. The summed E-state index contributed by atoms with van der Waals surface area (Å²) in [4.78, 5) is 24.3. The summed E-state index contributed by atoms with van der Waals surface area (Å²) in [5.74, 6) is -0.426. The zero-order valence-electron chi connectivity index (χ0n) is 20.3. The van der Waals surface area contributed by atoms with Gasteiger partial charge in [-0.1, -0.05) is 29.4 Å². The van der Waals surface area contributed by atoms with E-state index in [4.69, 9.17) is 4.84 Å². The maximum Gasteiger partial charge on any atom is 0.282 e. The highest BCUT2D eigenvalue weighted by Crippen LogP contribution is 2.37. The van der Waals surface area contributed by atoms with Gasteiger partial charge in [0.1, 0.15) is 23.6 Å². The van der Waals surface area contributed by atoms with Crippen LogP contribution in [0.2, 0.25) is 0 Å². The second kappa shape index (κ2) is 11.4. The van der Waals surface area contributed by atoms with Crippen LogP contribution in [-0.4, -0.2) is 44.4 Å². The van der Waals surface area contributed by atoms with Crippen LogP contribution in [0.5, 0.6) is 0 Å². The molecule has 2 aliphatic heterocycles. The van der Waals surface area contributed by atoms with Crippen LogP contribution in [0.25, 0.3) is 0 Å². The first-order chi connectivity index (χ1) is 18.7. The van der Waals surface area contributed by atoms with E-state index in [1.54, 1.807) is 18.2 Å². The molecule has 0 bridgehead atoms. The predicted molar refractivity (Wildman–Crippen MR) is 129 cm³/mol. The minimum absolute atomic E-state index is 0.0536. The van der Waals surface area contributed by atoms with Crippen molar-refractivity contribution < 1.29 is 36.0 Å². The lowest BCUT2D eigenvalue weighted by molar-refractivity contribution is -0.133. The van der Waals surface area contributed by atoms with Crippen LogP contribution in [0, 0.1) is 0 Å². The molecule has 1 unspecified atom stereocenters. The number of amides is 1. The molecule has 1 fully saturated rings. The lowest BCUT2D eigenvalue weighted by atomic mass is 9.97. The lowest BCUT2D eigenvalue weighted by Gasteiger charge is -2.31. The minimum atomic E-state index is -3.04. The van der Waals surface area contributed by atoms with Crippen molar-refractivity contribution in [1.29, 1.82) is 0 Å². The van der Waals surface area contributed by atoms with Crippen LogP contribution in [0.15, 0.2) is 40.9 Å². The van der Waals surface area contributed by atoms with Crippen LogP contribution in [0.3, 0.4) is 0 Å². The predicted octanol–water partition coefficient (Wildman–Crippen LogP) is 6.42. The molecule has 5 rings (SSSR count). The number of benzene rings is 1. The lowest BCUT2D eigenvalue weighted by Crippen LogP contribution is -2.40. The number of rotatable bonds is 8. The Kier molecular flexibility index (Phi) is 7.91. The zero-order valence-corrected chi connectivity index (χ0v) is 21.1. The fourth-order valence-electron chi connectivity index (χ4n) is 4.77. The number of nitrogens with zero attached hydrogens (tertiary/aromatic N) is 5. The molecule has 0 radical (unpaired) electrons. The fraction of sp³-hybridized carbons (Fsp3) is 0.440. The highest BCUT2D eigenvalue weighted by molar-refractivity contribution is 7.10. The van der Waals surface area contributed by atoms with Gasteiger partial charge in [-0.05, 0) is 18.9 Å². The van der Waals surface area contributed by atoms with Gasteiger partial charge in [-0.25, -0.2) is 31.3 Å². The topological polar surface area (TPSA) is 72.6 Å². The van der Waals surface area contributed by atoms with E-state index in [0.29, 0.717) is 60.1 Å². The Balaban J connectivity index is 1.17. The number of hydrogen-bond donors (Lipinski definition) is 0. The molecule has 1 atom stereocenters. The molecular formula is C25H23F6N5O2S. The Morgan fingerprint density at radius 2 is 1.79 bits per heavy atom. The third-order valence-electron chi connectivity index (χ3n) is 6.82. The smallest absolute Gasteiger partial charge is 0.282 e. The first kappa shape index (κ1) is 27.2. The molecule has 14 heteroatoms. The van der Waals surface area contributed by atoms with Gasteiger partial charge < -0.3 is 9.74 Å². The highest BCUT2D eigenvalue weighted by atomic mass is 32.1. The summed E-state index contributed by atoms with van der Waals surface area (Å²) in [7, 11) is 0. The molecule has 0 saturated carbocycles. The van der Waals surface area contributed by atoms with Gasteiger partial charge in [-0.2, -0.15) is 5.10 Å². The average Bonchev–Trinajstić information content (AvgIpc) is 3.68. The number of carbonyl (C=O) groups is 1. The number of hydrogen-bond acceptors (Lipinski definition) is 6. The van der Waals surface area contributed by atoms with Gasteiger partial charge >= 0.3 is 0 Å². The summed E-state index contributed by atoms with van der Waals surface area (Å²) >= 11 is 1.43. The molecule has 0 aliphatic carbocycles. The number of alkyl halides is 6. The second-order valence-corrected chi connectivity index (χ2v) is 10.1. The average molecular weight is 572 g/mol.